The van der Waals surface area contributed by atoms with Gasteiger partial charge in [0.1, 0.15) is 5.71 Å². The van der Waals surface area contributed by atoms with Crippen molar-refractivity contribution in [1.82, 2.24) is 15.9 Å². The Morgan fingerprint density at radius 1 is 1.67 bits per heavy atom. The Balaban J connectivity index is 2.27. The molecule has 0 aromatic carbocycles. The summed E-state index contributed by atoms with van der Waals surface area (Å²) in [5.41, 5.74) is 11.0. The summed E-state index contributed by atoms with van der Waals surface area (Å²) in [6.07, 6.45) is -0.499. The van der Waals surface area contributed by atoms with Crippen LogP contribution in [-0.2, 0) is 4.79 Å². The monoisotopic (exact) mass is 168 g/mol. The minimum Gasteiger partial charge on any atom is -0.368 e. The second-order valence-electron chi connectivity index (χ2n) is 2.50. The Bertz CT molecular complexity index is 294. The maximum atomic E-state index is 11.3. The van der Waals surface area contributed by atoms with E-state index in [0.29, 0.717) is 5.71 Å². The van der Waals surface area contributed by atoms with Crippen molar-refractivity contribution in [2.75, 3.05) is 0 Å². The Kier molecular flexibility index (Phi) is 1.20. The van der Waals surface area contributed by atoms with Crippen LogP contribution in [0.4, 0.5) is 0 Å². The molecule has 2 heterocycles. The summed E-state index contributed by atoms with van der Waals surface area (Å²) in [5, 5.41) is 5.05. The molecule has 0 fully saturated rings. The number of hydrazine groups is 1. The van der Waals surface area contributed by atoms with Crippen LogP contribution in [0.5, 0.6) is 0 Å². The first-order chi connectivity index (χ1) is 5.68. The molecule has 0 aromatic rings. The normalized spacial score (nSPS) is 26.9. The minimum atomic E-state index is -0.499. The van der Waals surface area contributed by atoms with Crippen LogP contribution in [0.2, 0.25) is 0 Å². The van der Waals surface area contributed by atoms with Crippen LogP contribution in [0, 0.1) is 0 Å². The van der Waals surface area contributed by atoms with Crippen molar-refractivity contribution < 1.29 is 4.79 Å². The third-order valence-electron chi connectivity index (χ3n) is 1.62. The Morgan fingerprint density at radius 2 is 2.42 bits per heavy atom. The number of nitrogens with two attached hydrogens (primary N) is 1. The van der Waals surface area contributed by atoms with Crippen LogP contribution in [0.3, 0.4) is 0 Å². The molecule has 7 nitrogen and oxygen atoms in total. The van der Waals surface area contributed by atoms with E-state index in [-0.39, 0.29) is 11.9 Å². The maximum Gasteiger partial charge on any atom is 0.291 e. The highest BCUT2D eigenvalue weighted by molar-refractivity contribution is 6.38. The molecule has 2 aliphatic rings. The van der Waals surface area contributed by atoms with Gasteiger partial charge in [0, 0.05) is 0 Å². The Morgan fingerprint density at radius 3 is 3.17 bits per heavy atom. The lowest BCUT2D eigenvalue weighted by Crippen LogP contribution is -2.55. The molecule has 7 heteroatoms. The highest BCUT2D eigenvalue weighted by Gasteiger charge is 2.33. The van der Waals surface area contributed by atoms with Gasteiger partial charge in [-0.3, -0.25) is 15.6 Å². The van der Waals surface area contributed by atoms with Gasteiger partial charge < -0.3 is 5.73 Å². The van der Waals surface area contributed by atoms with Gasteiger partial charge in [-0.25, -0.2) is 10.0 Å². The largest absolute Gasteiger partial charge is 0.368 e. The fourth-order valence-corrected chi connectivity index (χ4v) is 1.03. The first-order valence-corrected chi connectivity index (χ1v) is 3.42. The number of aliphatic imine (C=N–C) groups is 1. The van der Waals surface area contributed by atoms with E-state index in [1.54, 1.807) is 6.92 Å². The number of carbonyl (C=O) groups is 1. The van der Waals surface area contributed by atoms with E-state index in [0.717, 1.165) is 0 Å². The van der Waals surface area contributed by atoms with E-state index in [1.807, 2.05) is 0 Å². The lowest BCUT2D eigenvalue weighted by Gasteiger charge is -2.25. The lowest BCUT2D eigenvalue weighted by molar-refractivity contribution is -0.129. The Hall–Kier alpha value is -1.79. The number of carbonyl (C=O) groups excluding carboxylic acids is 1. The number of hydrazone groups is 1. The highest BCUT2D eigenvalue weighted by atomic mass is 16.2. The van der Waals surface area contributed by atoms with Gasteiger partial charge in [-0.1, -0.05) is 0 Å². The molecular formula is C5H8N6O. The Labute approximate surface area is 68.3 Å². The third kappa shape index (κ3) is 0.792. The van der Waals surface area contributed by atoms with Gasteiger partial charge >= 0.3 is 0 Å². The van der Waals surface area contributed by atoms with Crippen LogP contribution < -0.4 is 16.6 Å². The van der Waals surface area contributed by atoms with Crippen LogP contribution in [0.25, 0.3) is 0 Å². The molecule has 12 heavy (non-hydrogen) atoms. The van der Waals surface area contributed by atoms with Crippen molar-refractivity contribution in [3.05, 3.63) is 0 Å². The van der Waals surface area contributed by atoms with Crippen molar-refractivity contribution in [2.45, 2.75) is 13.2 Å². The molecule has 4 N–H and O–H groups in total. The first kappa shape index (κ1) is 6.89. The second kappa shape index (κ2) is 2.10. The number of nitrogens with one attached hydrogen (secondary N) is 2. The van der Waals surface area contributed by atoms with E-state index in [4.69, 9.17) is 5.73 Å². The zero-order valence-corrected chi connectivity index (χ0v) is 6.40. The smallest absolute Gasteiger partial charge is 0.291 e. The van der Waals surface area contributed by atoms with Crippen molar-refractivity contribution in [3.8, 4) is 0 Å². The predicted octanol–water partition coefficient (Wildman–Crippen LogP) is -2.09. The number of nitrogens with zero attached hydrogens (tertiary/aromatic N) is 3. The summed E-state index contributed by atoms with van der Waals surface area (Å²) < 4.78 is 0. The first-order valence-electron chi connectivity index (χ1n) is 3.42. The van der Waals surface area contributed by atoms with E-state index in [9.17, 15) is 4.79 Å². The number of amides is 1. The fraction of sp³-hybridized carbons (Fsp3) is 0.400. The molecule has 2 aliphatic heterocycles. The molecule has 1 atom stereocenters. The standard InChI is InChI=1S/C5H8N6O/c1-2-3(12)11-5(9-8-2)7-4(6)10-11/h5,9H,1H3,(H3,6,7,10). The number of fused-ring (bicyclic) bond motifs is 1. The maximum absolute atomic E-state index is 11.3. The number of hydrogen-bond acceptors (Lipinski definition) is 6. The second-order valence-corrected chi connectivity index (χ2v) is 2.50. The fourth-order valence-electron chi connectivity index (χ4n) is 1.03. The summed E-state index contributed by atoms with van der Waals surface area (Å²) in [7, 11) is 0. The average Bonchev–Trinajstić information content (AvgIpc) is 2.39. The molecule has 1 amide bonds. The molecule has 0 radical (unpaired) electrons. The van der Waals surface area contributed by atoms with Crippen LogP contribution in [-0.4, -0.2) is 28.9 Å². The molecule has 2 rings (SSSR count). The summed E-state index contributed by atoms with van der Waals surface area (Å²) in [6.45, 7) is 1.61. The number of guanidine groups is 1. The van der Waals surface area contributed by atoms with Gasteiger partial charge in [0.15, 0.2) is 0 Å². The molecule has 0 aromatic heterocycles. The molecule has 0 saturated heterocycles. The predicted molar refractivity (Wildman–Crippen MR) is 41.6 cm³/mol. The summed E-state index contributed by atoms with van der Waals surface area (Å²) in [5.74, 6) is -0.00583. The van der Waals surface area contributed by atoms with Crippen LogP contribution >= 0.6 is 0 Å². The van der Waals surface area contributed by atoms with Gasteiger partial charge in [-0.2, -0.15) is 5.10 Å². The van der Waals surface area contributed by atoms with Gasteiger partial charge in [0.25, 0.3) is 5.91 Å². The van der Waals surface area contributed by atoms with Crippen molar-refractivity contribution in [3.63, 3.8) is 0 Å². The highest BCUT2D eigenvalue weighted by Crippen LogP contribution is 2.06. The zero-order chi connectivity index (χ0) is 8.72. The van der Waals surface area contributed by atoms with Gasteiger partial charge in [-0.05, 0) is 6.92 Å². The molecule has 64 valence electrons. The number of hydrogen-bond donors (Lipinski definition) is 3. The third-order valence-corrected chi connectivity index (χ3v) is 1.62. The van der Waals surface area contributed by atoms with Crippen LogP contribution in [0.1, 0.15) is 6.92 Å². The molecule has 0 spiro atoms. The SMILES string of the molecule is CC1=NNC2N=C(N)NN2C1=O. The average molecular weight is 168 g/mol. The lowest BCUT2D eigenvalue weighted by atomic mass is 10.4. The quantitative estimate of drug-likeness (QED) is 0.386. The van der Waals surface area contributed by atoms with E-state index < -0.39 is 6.29 Å². The van der Waals surface area contributed by atoms with E-state index in [2.05, 4.69) is 20.9 Å². The van der Waals surface area contributed by atoms with Gasteiger partial charge in [-0.15, -0.1) is 0 Å². The summed E-state index contributed by atoms with van der Waals surface area (Å²) >= 11 is 0. The minimum absolute atomic E-state index is 0.214. The van der Waals surface area contributed by atoms with Crippen LogP contribution in [0.15, 0.2) is 10.1 Å². The van der Waals surface area contributed by atoms with Gasteiger partial charge in [0.05, 0.1) is 0 Å². The van der Waals surface area contributed by atoms with E-state index in [1.165, 1.54) is 5.01 Å². The van der Waals surface area contributed by atoms with Crippen molar-refractivity contribution in [2.24, 2.45) is 15.8 Å². The zero-order valence-electron chi connectivity index (χ0n) is 6.40. The molecule has 0 bridgehead atoms. The summed E-state index contributed by atoms with van der Waals surface area (Å²) in [6, 6.07) is 0. The van der Waals surface area contributed by atoms with Crippen molar-refractivity contribution >= 4 is 17.6 Å². The molecular weight excluding hydrogens is 160 g/mol. The molecule has 0 aliphatic carbocycles. The topological polar surface area (TPSA) is 95.1 Å². The van der Waals surface area contributed by atoms with E-state index >= 15 is 0 Å². The van der Waals surface area contributed by atoms with Crippen molar-refractivity contribution in [1.29, 1.82) is 0 Å². The molecule has 0 saturated carbocycles. The summed E-state index contributed by atoms with van der Waals surface area (Å²) in [4.78, 5) is 15.2. The van der Waals surface area contributed by atoms with Gasteiger partial charge in [0.2, 0.25) is 12.2 Å². The number of rotatable bonds is 0. The molecule has 1 unspecified atom stereocenters.